The van der Waals surface area contributed by atoms with Crippen LogP contribution in [0.3, 0.4) is 0 Å². The number of hydrogen-bond donors (Lipinski definition) is 3. The number of rotatable bonds is 4. The second kappa shape index (κ2) is 8.14. The van der Waals surface area contributed by atoms with Gasteiger partial charge >= 0.3 is 5.69 Å². The highest BCUT2D eigenvalue weighted by Crippen LogP contribution is 2.44. The van der Waals surface area contributed by atoms with Crippen molar-refractivity contribution in [3.8, 4) is 0 Å². The van der Waals surface area contributed by atoms with Gasteiger partial charge in [0.25, 0.3) is 5.56 Å². The molecule has 0 spiro atoms. The number of para-hydroxylation sites is 1. The molecule has 172 valence electrons. The summed E-state index contributed by atoms with van der Waals surface area (Å²) in [6.45, 7) is 0.225. The average Bonchev–Trinajstić information content (AvgIpc) is 3.24. The van der Waals surface area contributed by atoms with Crippen molar-refractivity contribution in [1.29, 1.82) is 0 Å². The van der Waals surface area contributed by atoms with Gasteiger partial charge in [0.1, 0.15) is 11.6 Å². The number of aromatic nitrogens is 3. The summed E-state index contributed by atoms with van der Waals surface area (Å²) >= 11 is 6.05. The summed E-state index contributed by atoms with van der Waals surface area (Å²) in [5.74, 6) is -0.303. The standard InChI is InChI=1S/C27H19ClN4O3/c28-17-12-10-16(11-13-17)23(33)21-20-18-8-4-5-9-19(18)29-24(20)30-25-22(21)26(34)31-27(35)32(25)14-15-6-2-1-3-7-15/h1-13,21,29-30H,14H2,(H,31,34,35). The van der Waals surface area contributed by atoms with E-state index in [1.807, 2.05) is 54.6 Å². The van der Waals surface area contributed by atoms with Gasteiger partial charge in [-0.3, -0.25) is 19.1 Å². The second-order valence-corrected chi connectivity index (χ2v) is 8.92. The lowest BCUT2D eigenvalue weighted by atomic mass is 9.83. The minimum absolute atomic E-state index is 0.206. The minimum Gasteiger partial charge on any atom is -0.341 e. The zero-order valence-corrected chi connectivity index (χ0v) is 19.1. The Bertz CT molecular complexity index is 1720. The normalized spacial score (nSPS) is 14.3. The van der Waals surface area contributed by atoms with E-state index in [0.717, 1.165) is 16.5 Å². The SMILES string of the molecule is O=C(c1ccc(Cl)cc1)C1c2c(n(Cc3ccccc3)c(=O)[nH]c2=O)Nc2[nH]c3ccccc3c21. The van der Waals surface area contributed by atoms with Crippen LogP contribution in [-0.2, 0) is 6.54 Å². The first-order valence-corrected chi connectivity index (χ1v) is 11.5. The lowest BCUT2D eigenvalue weighted by molar-refractivity contribution is 0.0973. The number of H-pyrrole nitrogens is 2. The summed E-state index contributed by atoms with van der Waals surface area (Å²) in [5, 5.41) is 4.60. The summed E-state index contributed by atoms with van der Waals surface area (Å²) in [5.41, 5.74) is 1.85. The number of fused-ring (bicyclic) bond motifs is 4. The zero-order valence-electron chi connectivity index (χ0n) is 18.3. The lowest BCUT2D eigenvalue weighted by Crippen LogP contribution is -2.38. The maximum absolute atomic E-state index is 14.0. The Morgan fingerprint density at radius 1 is 0.857 bits per heavy atom. The number of carbonyl (C=O) groups excluding carboxylic acids is 1. The van der Waals surface area contributed by atoms with E-state index < -0.39 is 17.2 Å². The Morgan fingerprint density at radius 2 is 1.57 bits per heavy atom. The van der Waals surface area contributed by atoms with Crippen LogP contribution in [0.2, 0.25) is 5.02 Å². The number of aromatic amines is 2. The number of anilines is 2. The average molecular weight is 483 g/mol. The predicted molar refractivity (Wildman–Crippen MR) is 136 cm³/mol. The maximum atomic E-state index is 14.0. The Balaban J connectivity index is 1.62. The van der Waals surface area contributed by atoms with Crippen LogP contribution in [-0.4, -0.2) is 20.3 Å². The summed E-state index contributed by atoms with van der Waals surface area (Å²) in [7, 11) is 0. The van der Waals surface area contributed by atoms with E-state index >= 15 is 0 Å². The van der Waals surface area contributed by atoms with Crippen LogP contribution in [0.25, 0.3) is 10.9 Å². The van der Waals surface area contributed by atoms with Gasteiger partial charge in [-0.1, -0.05) is 60.1 Å². The first-order chi connectivity index (χ1) is 17.0. The molecule has 3 heterocycles. The molecule has 35 heavy (non-hydrogen) atoms. The van der Waals surface area contributed by atoms with Crippen LogP contribution in [0.1, 0.15) is 33.0 Å². The summed E-state index contributed by atoms with van der Waals surface area (Å²) in [6, 6.07) is 23.6. The molecular formula is C27H19ClN4O3. The Morgan fingerprint density at radius 3 is 2.34 bits per heavy atom. The third kappa shape index (κ3) is 3.48. The van der Waals surface area contributed by atoms with E-state index in [9.17, 15) is 14.4 Å². The van der Waals surface area contributed by atoms with Crippen LogP contribution in [0.15, 0.2) is 88.5 Å². The third-order valence-corrected chi connectivity index (χ3v) is 6.63. The van der Waals surface area contributed by atoms with Gasteiger partial charge < -0.3 is 10.3 Å². The van der Waals surface area contributed by atoms with Crippen molar-refractivity contribution in [2.75, 3.05) is 5.32 Å². The number of halogens is 1. The number of hydrogen-bond acceptors (Lipinski definition) is 4. The molecule has 6 rings (SSSR count). The molecule has 0 fully saturated rings. The largest absolute Gasteiger partial charge is 0.341 e. The molecule has 3 aromatic carbocycles. The summed E-state index contributed by atoms with van der Waals surface area (Å²) in [4.78, 5) is 45.9. The molecule has 0 saturated heterocycles. The fourth-order valence-corrected chi connectivity index (χ4v) is 4.90. The van der Waals surface area contributed by atoms with Gasteiger partial charge in [0.2, 0.25) is 0 Å². The first-order valence-electron chi connectivity index (χ1n) is 11.1. The van der Waals surface area contributed by atoms with Crippen LogP contribution >= 0.6 is 11.6 Å². The number of benzene rings is 3. The van der Waals surface area contributed by atoms with Gasteiger partial charge in [0, 0.05) is 27.1 Å². The van der Waals surface area contributed by atoms with Crippen molar-refractivity contribution in [3.63, 3.8) is 0 Å². The Labute approximate surface area is 204 Å². The Hall–Kier alpha value is -4.36. The summed E-state index contributed by atoms with van der Waals surface area (Å²) in [6.07, 6.45) is 0. The number of Topliss-reactive ketones (excluding diaryl/α,β-unsaturated/α-hetero) is 1. The minimum atomic E-state index is -0.926. The van der Waals surface area contributed by atoms with Crippen LogP contribution < -0.4 is 16.6 Å². The number of nitrogens with zero attached hydrogens (tertiary/aromatic N) is 1. The highest BCUT2D eigenvalue weighted by atomic mass is 35.5. The van der Waals surface area contributed by atoms with Crippen molar-refractivity contribution < 1.29 is 4.79 Å². The van der Waals surface area contributed by atoms with Gasteiger partial charge in [0.05, 0.1) is 18.0 Å². The maximum Gasteiger partial charge on any atom is 0.330 e. The topological polar surface area (TPSA) is 99.8 Å². The first kappa shape index (κ1) is 21.2. The molecule has 5 aromatic rings. The van der Waals surface area contributed by atoms with Crippen LogP contribution in [0.5, 0.6) is 0 Å². The van der Waals surface area contributed by atoms with Crippen molar-refractivity contribution in [2.45, 2.75) is 12.5 Å². The monoisotopic (exact) mass is 482 g/mol. The highest BCUT2D eigenvalue weighted by Gasteiger charge is 2.38. The van der Waals surface area contributed by atoms with Crippen molar-refractivity contribution in [2.24, 2.45) is 0 Å². The highest BCUT2D eigenvalue weighted by molar-refractivity contribution is 6.30. The lowest BCUT2D eigenvalue weighted by Gasteiger charge is -2.28. The Kier molecular flexibility index (Phi) is 4.93. The quantitative estimate of drug-likeness (QED) is 0.321. The zero-order chi connectivity index (χ0) is 24.1. The predicted octanol–water partition coefficient (Wildman–Crippen LogP) is 4.79. The van der Waals surface area contributed by atoms with Crippen molar-refractivity contribution in [3.05, 3.63) is 127 Å². The number of nitrogens with one attached hydrogen (secondary N) is 3. The van der Waals surface area contributed by atoms with Crippen LogP contribution in [0.4, 0.5) is 11.6 Å². The van der Waals surface area contributed by atoms with E-state index in [0.29, 0.717) is 27.8 Å². The molecule has 2 aromatic heterocycles. The molecule has 0 aliphatic carbocycles. The molecule has 1 aliphatic heterocycles. The van der Waals surface area contributed by atoms with E-state index in [2.05, 4.69) is 15.3 Å². The number of carbonyl (C=O) groups is 1. The van der Waals surface area contributed by atoms with E-state index in [1.165, 1.54) is 4.57 Å². The van der Waals surface area contributed by atoms with Gasteiger partial charge in [-0.25, -0.2) is 4.79 Å². The molecule has 0 amide bonds. The molecule has 0 bridgehead atoms. The smallest absolute Gasteiger partial charge is 0.330 e. The fourth-order valence-electron chi connectivity index (χ4n) is 4.77. The van der Waals surface area contributed by atoms with E-state index in [4.69, 9.17) is 11.6 Å². The third-order valence-electron chi connectivity index (χ3n) is 6.38. The molecule has 1 atom stereocenters. The number of ketones is 1. The molecule has 8 heteroatoms. The summed E-state index contributed by atoms with van der Waals surface area (Å²) < 4.78 is 1.46. The van der Waals surface area contributed by atoms with Crippen LogP contribution in [0, 0.1) is 0 Å². The molecule has 0 radical (unpaired) electrons. The molecular weight excluding hydrogens is 464 g/mol. The van der Waals surface area contributed by atoms with Gasteiger partial charge in [0.15, 0.2) is 5.78 Å². The molecule has 0 saturated carbocycles. The molecule has 7 nitrogen and oxygen atoms in total. The van der Waals surface area contributed by atoms with Gasteiger partial charge in [-0.15, -0.1) is 0 Å². The van der Waals surface area contributed by atoms with Gasteiger partial charge in [-0.05, 0) is 35.9 Å². The fraction of sp³-hybridized carbons (Fsp3) is 0.0741. The van der Waals surface area contributed by atoms with Gasteiger partial charge in [-0.2, -0.15) is 0 Å². The van der Waals surface area contributed by atoms with E-state index in [-0.39, 0.29) is 17.9 Å². The second-order valence-electron chi connectivity index (χ2n) is 8.48. The molecule has 3 N–H and O–H groups in total. The molecule has 1 unspecified atom stereocenters. The van der Waals surface area contributed by atoms with Crippen molar-refractivity contribution >= 4 is 39.9 Å². The van der Waals surface area contributed by atoms with Crippen molar-refractivity contribution in [1.82, 2.24) is 14.5 Å². The molecule has 1 aliphatic rings. The van der Waals surface area contributed by atoms with E-state index in [1.54, 1.807) is 24.3 Å².